The first-order valence-electron chi connectivity index (χ1n) is 6.03. The topological polar surface area (TPSA) is 33.5 Å². The van der Waals surface area contributed by atoms with Gasteiger partial charge in [0.2, 0.25) is 0 Å². The Kier molecular flexibility index (Phi) is 3.03. The summed E-state index contributed by atoms with van der Waals surface area (Å²) in [5, 5.41) is 0. The van der Waals surface area contributed by atoms with Crippen LogP contribution in [0.3, 0.4) is 0 Å². The minimum absolute atomic E-state index is 0.417. The molecule has 0 amide bonds. The summed E-state index contributed by atoms with van der Waals surface area (Å²) in [5.41, 5.74) is 0.439. The van der Waals surface area contributed by atoms with Crippen LogP contribution in [0.1, 0.15) is 43.7 Å². The smallest absolute Gasteiger partial charge is 0.196 e. The Hall–Kier alpha value is -1.25. The monoisotopic (exact) mass is 221 g/mol. The largest absolute Gasteiger partial charge is 0.438 e. The number of rotatable bonds is 4. The molecule has 3 heteroatoms. The average molecular weight is 221 g/mol. The Balaban J connectivity index is 2.11. The van der Waals surface area contributed by atoms with Gasteiger partial charge in [-0.05, 0) is 30.7 Å². The van der Waals surface area contributed by atoms with Crippen LogP contribution < -0.4 is 4.90 Å². The molecule has 1 fully saturated rings. The molecule has 0 atom stereocenters. The van der Waals surface area contributed by atoms with Crippen molar-refractivity contribution in [3.05, 3.63) is 17.9 Å². The highest BCUT2D eigenvalue weighted by Crippen LogP contribution is 2.39. The van der Waals surface area contributed by atoms with Crippen LogP contribution in [0.15, 0.2) is 16.5 Å². The third-order valence-corrected chi connectivity index (χ3v) is 3.98. The fourth-order valence-corrected chi connectivity index (χ4v) is 2.53. The van der Waals surface area contributed by atoms with Crippen molar-refractivity contribution >= 4 is 12.2 Å². The summed E-state index contributed by atoms with van der Waals surface area (Å²) in [5.74, 6) is 1.26. The van der Waals surface area contributed by atoms with Gasteiger partial charge in [-0.25, -0.2) is 0 Å². The molecule has 1 aliphatic heterocycles. The molecule has 0 aliphatic carbocycles. The molecule has 1 aliphatic rings. The van der Waals surface area contributed by atoms with Crippen LogP contribution in [0.4, 0.5) is 5.88 Å². The molecule has 0 bridgehead atoms. The fourth-order valence-electron chi connectivity index (χ4n) is 2.53. The lowest BCUT2D eigenvalue weighted by Gasteiger charge is -2.26. The molecule has 3 nitrogen and oxygen atoms in total. The first-order chi connectivity index (χ1) is 7.73. The van der Waals surface area contributed by atoms with Crippen molar-refractivity contribution in [2.45, 2.75) is 33.1 Å². The molecule has 88 valence electrons. The lowest BCUT2D eigenvalue weighted by atomic mass is 9.82. The van der Waals surface area contributed by atoms with E-state index in [4.69, 9.17) is 4.42 Å². The summed E-state index contributed by atoms with van der Waals surface area (Å²) in [6.45, 7) is 6.59. The van der Waals surface area contributed by atoms with E-state index in [0.29, 0.717) is 11.2 Å². The lowest BCUT2D eigenvalue weighted by Crippen LogP contribution is -2.25. The summed E-state index contributed by atoms with van der Waals surface area (Å²) in [7, 11) is 0. The van der Waals surface area contributed by atoms with Crippen molar-refractivity contribution in [2.75, 3.05) is 18.0 Å². The molecule has 0 saturated carbocycles. The molecule has 0 radical (unpaired) electrons. The van der Waals surface area contributed by atoms with E-state index in [1.165, 1.54) is 19.3 Å². The summed E-state index contributed by atoms with van der Waals surface area (Å²) >= 11 is 0. The number of aldehydes is 1. The third-order valence-electron chi connectivity index (χ3n) is 3.98. The quantitative estimate of drug-likeness (QED) is 0.732. The highest BCUT2D eigenvalue weighted by molar-refractivity contribution is 5.71. The van der Waals surface area contributed by atoms with Gasteiger partial charge in [0.25, 0.3) is 0 Å². The van der Waals surface area contributed by atoms with Gasteiger partial charge in [-0.3, -0.25) is 4.79 Å². The molecule has 0 N–H and O–H groups in total. The van der Waals surface area contributed by atoms with Gasteiger partial charge in [-0.1, -0.05) is 13.8 Å². The minimum Gasteiger partial charge on any atom is -0.438 e. The second-order valence-corrected chi connectivity index (χ2v) is 4.67. The van der Waals surface area contributed by atoms with Crippen LogP contribution in [0.2, 0.25) is 0 Å². The van der Waals surface area contributed by atoms with Crippen molar-refractivity contribution in [3.8, 4) is 0 Å². The molecule has 0 aromatic carbocycles. The second kappa shape index (κ2) is 4.32. The molecule has 1 aromatic heterocycles. The molecule has 1 saturated heterocycles. The van der Waals surface area contributed by atoms with Gasteiger partial charge in [0.15, 0.2) is 17.9 Å². The highest BCUT2D eigenvalue weighted by atomic mass is 16.4. The van der Waals surface area contributed by atoms with Crippen LogP contribution in [-0.4, -0.2) is 19.4 Å². The summed E-state index contributed by atoms with van der Waals surface area (Å²) in [6.07, 6.45) is 4.39. The van der Waals surface area contributed by atoms with E-state index in [1.807, 2.05) is 6.07 Å². The van der Waals surface area contributed by atoms with Gasteiger partial charge in [0.05, 0.1) is 0 Å². The Bertz CT molecular complexity index is 366. The summed E-state index contributed by atoms with van der Waals surface area (Å²) in [4.78, 5) is 12.8. The first-order valence-corrected chi connectivity index (χ1v) is 6.03. The maximum absolute atomic E-state index is 10.6. The Morgan fingerprint density at radius 2 is 2.19 bits per heavy atom. The van der Waals surface area contributed by atoms with Gasteiger partial charge in [-0.15, -0.1) is 0 Å². The number of hydrogen-bond acceptors (Lipinski definition) is 3. The highest BCUT2D eigenvalue weighted by Gasteiger charge is 2.35. The molecule has 2 rings (SSSR count). The second-order valence-electron chi connectivity index (χ2n) is 4.67. The molecular weight excluding hydrogens is 202 g/mol. The van der Waals surface area contributed by atoms with Crippen LogP contribution >= 0.6 is 0 Å². The SMILES string of the molecule is CCC1(CC)CCN(c2ccc(C=O)o2)C1. The third kappa shape index (κ3) is 1.86. The lowest BCUT2D eigenvalue weighted by molar-refractivity contribution is 0.110. The van der Waals surface area contributed by atoms with Crippen molar-refractivity contribution in [3.63, 3.8) is 0 Å². The normalized spacial score (nSPS) is 19.0. The van der Waals surface area contributed by atoms with Crippen LogP contribution in [0.25, 0.3) is 0 Å². The van der Waals surface area contributed by atoms with E-state index in [-0.39, 0.29) is 0 Å². The molecular formula is C13H19NO2. The predicted octanol–water partition coefficient (Wildman–Crippen LogP) is 3.11. The van der Waals surface area contributed by atoms with Crippen molar-refractivity contribution in [1.29, 1.82) is 0 Å². The number of furan rings is 1. The maximum Gasteiger partial charge on any atom is 0.196 e. The van der Waals surface area contributed by atoms with E-state index in [0.717, 1.165) is 25.3 Å². The van der Waals surface area contributed by atoms with Crippen LogP contribution in [-0.2, 0) is 0 Å². The van der Waals surface area contributed by atoms with Gasteiger partial charge < -0.3 is 9.32 Å². The van der Waals surface area contributed by atoms with E-state index < -0.39 is 0 Å². The zero-order valence-corrected chi connectivity index (χ0v) is 10.0. The zero-order chi connectivity index (χ0) is 11.6. The maximum atomic E-state index is 10.6. The van der Waals surface area contributed by atoms with Gasteiger partial charge in [-0.2, -0.15) is 0 Å². The Morgan fingerprint density at radius 1 is 1.44 bits per heavy atom. The number of nitrogens with zero attached hydrogens (tertiary/aromatic N) is 1. The van der Waals surface area contributed by atoms with Gasteiger partial charge in [0, 0.05) is 19.2 Å². The Labute approximate surface area is 96.4 Å². The van der Waals surface area contributed by atoms with Crippen molar-refractivity contribution in [1.82, 2.24) is 0 Å². The fraction of sp³-hybridized carbons (Fsp3) is 0.615. The minimum atomic E-state index is 0.417. The summed E-state index contributed by atoms with van der Waals surface area (Å²) < 4.78 is 5.46. The van der Waals surface area contributed by atoms with E-state index in [1.54, 1.807) is 6.07 Å². The van der Waals surface area contributed by atoms with Crippen molar-refractivity contribution < 1.29 is 9.21 Å². The zero-order valence-electron chi connectivity index (χ0n) is 10.0. The van der Waals surface area contributed by atoms with E-state index in [2.05, 4.69) is 18.7 Å². The van der Waals surface area contributed by atoms with E-state index in [9.17, 15) is 4.79 Å². The first kappa shape index (κ1) is 11.2. The molecule has 2 heterocycles. The van der Waals surface area contributed by atoms with E-state index >= 15 is 0 Å². The molecule has 16 heavy (non-hydrogen) atoms. The molecule has 0 spiro atoms. The van der Waals surface area contributed by atoms with Gasteiger partial charge >= 0.3 is 0 Å². The predicted molar refractivity (Wildman–Crippen MR) is 63.9 cm³/mol. The van der Waals surface area contributed by atoms with Crippen molar-refractivity contribution in [2.24, 2.45) is 5.41 Å². The van der Waals surface area contributed by atoms with Gasteiger partial charge in [0.1, 0.15) is 0 Å². The molecule has 0 unspecified atom stereocenters. The number of hydrogen-bond donors (Lipinski definition) is 0. The number of anilines is 1. The van der Waals surface area contributed by atoms with Crippen LogP contribution in [0, 0.1) is 5.41 Å². The standard InChI is InChI=1S/C13H19NO2/c1-3-13(4-2)7-8-14(10-13)12-6-5-11(9-15)16-12/h5-6,9H,3-4,7-8,10H2,1-2H3. The summed E-state index contributed by atoms with van der Waals surface area (Å²) in [6, 6.07) is 3.63. The average Bonchev–Trinajstić information content (AvgIpc) is 2.96. The molecule has 1 aromatic rings. The number of carbonyl (C=O) groups excluding carboxylic acids is 1. The van der Waals surface area contributed by atoms with Crippen LogP contribution in [0.5, 0.6) is 0 Å². The Morgan fingerprint density at radius 3 is 2.69 bits per heavy atom. The number of carbonyl (C=O) groups is 1.